The van der Waals surface area contributed by atoms with Crippen LogP contribution in [-0.4, -0.2) is 37.4 Å². The lowest BCUT2D eigenvalue weighted by atomic mass is 10.1. The Bertz CT molecular complexity index is 330. The van der Waals surface area contributed by atoms with Crippen LogP contribution in [0.25, 0.3) is 0 Å². The molecule has 1 amide bonds. The normalized spacial score (nSPS) is 12.1. The van der Waals surface area contributed by atoms with E-state index >= 15 is 0 Å². The summed E-state index contributed by atoms with van der Waals surface area (Å²) >= 11 is 0. The lowest BCUT2D eigenvalue weighted by molar-refractivity contribution is -0.122. The average molecular weight is 238 g/mol. The highest BCUT2D eigenvalue weighted by Crippen LogP contribution is 2.08. The topological polar surface area (TPSA) is 84.6 Å². The van der Waals surface area contributed by atoms with Gasteiger partial charge < -0.3 is 20.9 Å². The summed E-state index contributed by atoms with van der Waals surface area (Å²) in [5.41, 5.74) is 6.57. The first kappa shape index (κ1) is 13.6. The number of hydrogen-bond donors (Lipinski definition) is 3. The Morgan fingerprint density at radius 2 is 2.06 bits per heavy atom. The quantitative estimate of drug-likeness (QED) is 0.575. The summed E-state index contributed by atoms with van der Waals surface area (Å²) in [6.07, 6.45) is 0. The third-order valence-electron chi connectivity index (χ3n) is 2.22. The van der Waals surface area contributed by atoms with Crippen molar-refractivity contribution in [3.05, 3.63) is 35.9 Å². The van der Waals surface area contributed by atoms with Gasteiger partial charge in [-0.3, -0.25) is 4.79 Å². The molecule has 0 aliphatic heterocycles. The summed E-state index contributed by atoms with van der Waals surface area (Å²) in [5, 5.41) is 11.1. The van der Waals surface area contributed by atoms with Crippen molar-refractivity contribution < 1.29 is 14.6 Å². The predicted octanol–water partition coefficient (Wildman–Crippen LogP) is -0.188. The Kier molecular flexibility index (Phi) is 6.24. The fourth-order valence-electron chi connectivity index (χ4n) is 1.33. The minimum absolute atomic E-state index is 0.0164. The third kappa shape index (κ3) is 4.95. The van der Waals surface area contributed by atoms with Crippen molar-refractivity contribution in [2.24, 2.45) is 5.73 Å². The van der Waals surface area contributed by atoms with Crippen molar-refractivity contribution in [1.29, 1.82) is 0 Å². The summed E-state index contributed by atoms with van der Waals surface area (Å²) in [6, 6.07) is 8.52. The molecular formula is C12H18N2O3. The monoisotopic (exact) mass is 238 g/mol. The fraction of sp³-hybridized carbons (Fsp3) is 0.417. The largest absolute Gasteiger partial charge is 0.394 e. The van der Waals surface area contributed by atoms with E-state index in [0.29, 0.717) is 13.2 Å². The van der Waals surface area contributed by atoms with Gasteiger partial charge in [0.15, 0.2) is 0 Å². The van der Waals surface area contributed by atoms with E-state index < -0.39 is 6.04 Å². The molecule has 4 N–H and O–H groups in total. The van der Waals surface area contributed by atoms with Crippen LogP contribution in [0.5, 0.6) is 0 Å². The van der Waals surface area contributed by atoms with Crippen molar-refractivity contribution in [3.8, 4) is 0 Å². The van der Waals surface area contributed by atoms with Crippen LogP contribution in [-0.2, 0) is 9.53 Å². The highest BCUT2D eigenvalue weighted by atomic mass is 16.5. The molecule has 1 aromatic rings. The van der Waals surface area contributed by atoms with Crippen LogP contribution < -0.4 is 11.1 Å². The molecule has 94 valence electrons. The molecule has 5 nitrogen and oxygen atoms in total. The van der Waals surface area contributed by atoms with E-state index in [1.165, 1.54) is 0 Å². The number of benzene rings is 1. The maximum atomic E-state index is 11.6. The van der Waals surface area contributed by atoms with E-state index in [-0.39, 0.29) is 19.1 Å². The van der Waals surface area contributed by atoms with Crippen molar-refractivity contribution >= 4 is 5.91 Å². The zero-order valence-corrected chi connectivity index (χ0v) is 9.63. The first-order chi connectivity index (χ1) is 8.25. The van der Waals surface area contributed by atoms with Gasteiger partial charge in [-0.05, 0) is 5.56 Å². The smallest absolute Gasteiger partial charge is 0.241 e. The molecule has 0 saturated heterocycles. The number of amides is 1. The number of hydrogen-bond acceptors (Lipinski definition) is 4. The highest BCUT2D eigenvalue weighted by Gasteiger charge is 2.14. The third-order valence-corrected chi connectivity index (χ3v) is 2.22. The predicted molar refractivity (Wildman–Crippen MR) is 64.3 cm³/mol. The molecule has 0 aliphatic carbocycles. The number of aliphatic hydroxyl groups is 1. The number of carbonyl (C=O) groups is 1. The van der Waals surface area contributed by atoms with Crippen LogP contribution in [0.2, 0.25) is 0 Å². The number of aliphatic hydroxyl groups excluding tert-OH is 1. The van der Waals surface area contributed by atoms with Crippen molar-refractivity contribution in [2.45, 2.75) is 6.04 Å². The van der Waals surface area contributed by atoms with Crippen LogP contribution in [0.4, 0.5) is 0 Å². The van der Waals surface area contributed by atoms with E-state index in [1.54, 1.807) is 0 Å². The molecule has 0 spiro atoms. The molecule has 5 heteroatoms. The number of rotatable bonds is 7. The first-order valence-corrected chi connectivity index (χ1v) is 5.52. The van der Waals surface area contributed by atoms with Gasteiger partial charge in [0.1, 0.15) is 6.04 Å². The minimum atomic E-state index is -0.658. The molecule has 0 bridgehead atoms. The van der Waals surface area contributed by atoms with Gasteiger partial charge in [-0.1, -0.05) is 30.3 Å². The molecule has 0 aliphatic rings. The van der Waals surface area contributed by atoms with Gasteiger partial charge in [0.05, 0.1) is 19.8 Å². The Balaban J connectivity index is 2.28. The van der Waals surface area contributed by atoms with Gasteiger partial charge >= 0.3 is 0 Å². The lowest BCUT2D eigenvalue weighted by Gasteiger charge is -2.12. The molecule has 17 heavy (non-hydrogen) atoms. The molecule has 1 atom stereocenters. The summed E-state index contributed by atoms with van der Waals surface area (Å²) in [4.78, 5) is 11.6. The van der Waals surface area contributed by atoms with E-state index in [4.69, 9.17) is 15.6 Å². The first-order valence-electron chi connectivity index (χ1n) is 5.52. The van der Waals surface area contributed by atoms with Gasteiger partial charge in [0.25, 0.3) is 0 Å². The van der Waals surface area contributed by atoms with Crippen LogP contribution in [0.1, 0.15) is 11.6 Å². The highest BCUT2D eigenvalue weighted by molar-refractivity contribution is 5.82. The molecule has 0 radical (unpaired) electrons. The molecule has 1 rings (SSSR count). The second-order valence-corrected chi connectivity index (χ2v) is 3.52. The molecule has 1 aromatic carbocycles. The molecule has 0 fully saturated rings. The van der Waals surface area contributed by atoms with E-state index in [9.17, 15) is 4.79 Å². The van der Waals surface area contributed by atoms with E-state index in [1.807, 2.05) is 30.3 Å². The van der Waals surface area contributed by atoms with Gasteiger partial charge in [0, 0.05) is 6.54 Å². The zero-order valence-electron chi connectivity index (χ0n) is 9.63. The second-order valence-electron chi connectivity index (χ2n) is 3.52. The molecular weight excluding hydrogens is 220 g/mol. The maximum Gasteiger partial charge on any atom is 0.241 e. The van der Waals surface area contributed by atoms with Crippen LogP contribution in [0, 0.1) is 0 Å². The minimum Gasteiger partial charge on any atom is -0.394 e. The van der Waals surface area contributed by atoms with Crippen molar-refractivity contribution in [2.75, 3.05) is 26.4 Å². The standard InChI is InChI=1S/C12H18N2O3/c13-11(10-4-2-1-3-5-10)12(16)14-6-8-17-9-7-15/h1-5,11,15H,6-9,13H2,(H,14,16)/t11-/m1/s1. The summed E-state index contributed by atoms with van der Waals surface area (Å²) in [6.45, 7) is 1.02. The number of carbonyl (C=O) groups excluding carboxylic acids is 1. The Hall–Kier alpha value is -1.43. The molecule has 0 aromatic heterocycles. The SMILES string of the molecule is N[C@@H](C(=O)NCCOCCO)c1ccccc1. The van der Waals surface area contributed by atoms with Crippen LogP contribution in [0.15, 0.2) is 30.3 Å². The van der Waals surface area contributed by atoms with Gasteiger partial charge in [-0.2, -0.15) is 0 Å². The van der Waals surface area contributed by atoms with Gasteiger partial charge in [-0.15, -0.1) is 0 Å². The van der Waals surface area contributed by atoms with Gasteiger partial charge in [0.2, 0.25) is 5.91 Å². The summed E-state index contributed by atoms with van der Waals surface area (Å²) < 4.78 is 5.01. The van der Waals surface area contributed by atoms with Crippen LogP contribution >= 0.6 is 0 Å². The average Bonchev–Trinajstić information content (AvgIpc) is 2.38. The zero-order chi connectivity index (χ0) is 12.5. The van der Waals surface area contributed by atoms with Crippen molar-refractivity contribution in [1.82, 2.24) is 5.32 Å². The lowest BCUT2D eigenvalue weighted by Crippen LogP contribution is -2.36. The second kappa shape index (κ2) is 7.78. The molecule has 0 heterocycles. The Morgan fingerprint density at radius 3 is 2.71 bits per heavy atom. The molecule has 0 unspecified atom stereocenters. The van der Waals surface area contributed by atoms with Gasteiger partial charge in [-0.25, -0.2) is 0 Å². The maximum absolute atomic E-state index is 11.6. The molecule has 0 saturated carbocycles. The Morgan fingerprint density at radius 1 is 1.35 bits per heavy atom. The number of ether oxygens (including phenoxy) is 1. The summed E-state index contributed by atoms with van der Waals surface area (Å²) in [5.74, 6) is -0.233. The van der Waals surface area contributed by atoms with Crippen LogP contribution in [0.3, 0.4) is 0 Å². The van der Waals surface area contributed by atoms with E-state index in [0.717, 1.165) is 5.56 Å². The van der Waals surface area contributed by atoms with Crippen molar-refractivity contribution in [3.63, 3.8) is 0 Å². The fourth-order valence-corrected chi connectivity index (χ4v) is 1.33. The Labute approximate surface area is 101 Å². The number of nitrogens with one attached hydrogen (secondary N) is 1. The summed E-state index contributed by atoms with van der Waals surface area (Å²) in [7, 11) is 0. The van der Waals surface area contributed by atoms with E-state index in [2.05, 4.69) is 5.32 Å². The number of nitrogens with two attached hydrogens (primary N) is 1.